The minimum Gasteiger partial charge on any atom is -0.335 e. The van der Waals surface area contributed by atoms with E-state index in [1.807, 2.05) is 30.7 Å². The second-order valence-electron chi connectivity index (χ2n) is 5.53. The zero-order chi connectivity index (χ0) is 15.8. The molecule has 1 aliphatic heterocycles. The lowest BCUT2D eigenvalue weighted by molar-refractivity contribution is -0.120. The van der Waals surface area contributed by atoms with Crippen molar-refractivity contribution in [3.63, 3.8) is 0 Å². The lowest BCUT2D eigenvalue weighted by Crippen LogP contribution is -2.30. The first-order valence-corrected chi connectivity index (χ1v) is 8.91. The van der Waals surface area contributed by atoms with Crippen LogP contribution >= 0.6 is 27.3 Å². The van der Waals surface area contributed by atoms with Gasteiger partial charge in [-0.3, -0.25) is 9.89 Å². The topological polar surface area (TPSA) is 75.6 Å². The van der Waals surface area contributed by atoms with Crippen LogP contribution in [-0.2, 0) is 17.8 Å². The first-order valence-electron chi connectivity index (χ1n) is 7.30. The van der Waals surface area contributed by atoms with Gasteiger partial charge in [0.05, 0.1) is 20.7 Å². The largest absolute Gasteiger partial charge is 0.335 e. The fourth-order valence-corrected chi connectivity index (χ4v) is 4.14. The van der Waals surface area contributed by atoms with Gasteiger partial charge in [0.2, 0.25) is 5.91 Å². The summed E-state index contributed by atoms with van der Waals surface area (Å²) in [5.74, 6) is 0.548. The fourth-order valence-electron chi connectivity index (χ4n) is 2.79. The number of rotatable bonds is 3. The van der Waals surface area contributed by atoms with Crippen LogP contribution in [0.5, 0.6) is 0 Å². The van der Waals surface area contributed by atoms with Crippen molar-refractivity contribution in [2.24, 2.45) is 5.92 Å². The van der Waals surface area contributed by atoms with Crippen LogP contribution in [0.1, 0.15) is 12.1 Å². The van der Waals surface area contributed by atoms with E-state index in [9.17, 15) is 4.79 Å². The van der Waals surface area contributed by atoms with E-state index in [-0.39, 0.29) is 11.8 Å². The molecule has 1 atom stereocenters. The molecule has 4 rings (SSSR count). The van der Waals surface area contributed by atoms with Crippen LogP contribution in [0.3, 0.4) is 0 Å². The smallest absolute Gasteiger partial charge is 0.229 e. The maximum absolute atomic E-state index is 12.4. The van der Waals surface area contributed by atoms with Crippen LogP contribution in [0, 0.1) is 5.92 Å². The Bertz CT molecular complexity index is 852. The van der Waals surface area contributed by atoms with Crippen molar-refractivity contribution in [3.8, 4) is 10.6 Å². The molecule has 1 aliphatic rings. The Morgan fingerprint density at radius 3 is 3.22 bits per heavy atom. The Balaban J connectivity index is 1.44. The Morgan fingerprint density at radius 2 is 2.39 bits per heavy atom. The van der Waals surface area contributed by atoms with E-state index in [4.69, 9.17) is 0 Å². The number of halogens is 1. The van der Waals surface area contributed by atoms with Crippen LogP contribution in [0.4, 0.5) is 5.82 Å². The number of carbonyl (C=O) groups is 1. The van der Waals surface area contributed by atoms with E-state index in [2.05, 4.69) is 41.0 Å². The van der Waals surface area contributed by atoms with Gasteiger partial charge >= 0.3 is 0 Å². The minimum atomic E-state index is -0.0322. The molecule has 0 saturated carbocycles. The highest BCUT2D eigenvalue weighted by molar-refractivity contribution is 9.11. The normalized spacial score (nSPS) is 17.0. The van der Waals surface area contributed by atoms with Crippen LogP contribution in [0.2, 0.25) is 0 Å². The number of fused-ring (bicyclic) bond motifs is 1. The van der Waals surface area contributed by atoms with Crippen molar-refractivity contribution in [2.45, 2.75) is 19.4 Å². The van der Waals surface area contributed by atoms with Crippen molar-refractivity contribution in [1.29, 1.82) is 0 Å². The molecule has 3 aromatic heterocycles. The molecule has 23 heavy (non-hydrogen) atoms. The van der Waals surface area contributed by atoms with Crippen molar-refractivity contribution in [1.82, 2.24) is 19.7 Å². The van der Waals surface area contributed by atoms with E-state index >= 15 is 0 Å². The number of aromatic amines is 1. The molecular weight excluding hydrogens is 378 g/mol. The van der Waals surface area contributed by atoms with Gasteiger partial charge in [-0.1, -0.05) is 0 Å². The van der Waals surface area contributed by atoms with Gasteiger partial charge in [0.25, 0.3) is 0 Å². The quantitative estimate of drug-likeness (QED) is 0.718. The zero-order valence-electron chi connectivity index (χ0n) is 12.1. The number of nitrogens with zero attached hydrogens (tertiary/aromatic N) is 3. The summed E-state index contributed by atoms with van der Waals surface area (Å²) >= 11 is 5.06. The van der Waals surface area contributed by atoms with Crippen molar-refractivity contribution < 1.29 is 4.79 Å². The number of hydrogen-bond donors (Lipinski definition) is 2. The van der Waals surface area contributed by atoms with Crippen LogP contribution < -0.4 is 5.32 Å². The number of nitrogens with one attached hydrogen (secondary N) is 2. The summed E-state index contributed by atoms with van der Waals surface area (Å²) in [6.07, 6.45) is 5.20. The summed E-state index contributed by atoms with van der Waals surface area (Å²) in [4.78, 5) is 17.7. The predicted octanol–water partition coefficient (Wildman–Crippen LogP) is 3.30. The number of aryl methyl sites for hydroxylation is 1. The summed E-state index contributed by atoms with van der Waals surface area (Å²) in [7, 11) is 0. The van der Waals surface area contributed by atoms with Crippen molar-refractivity contribution in [3.05, 3.63) is 40.2 Å². The maximum atomic E-state index is 12.4. The number of carbonyl (C=O) groups excluding carboxylic acids is 1. The van der Waals surface area contributed by atoms with Crippen molar-refractivity contribution in [2.75, 3.05) is 5.32 Å². The first kappa shape index (κ1) is 14.6. The standard InChI is InChI=1S/C15H14BrN5OS/c16-13-2-1-12(23-13)11-6-14(20-19-11)18-15(22)9-3-4-21-8-17-7-10(21)5-9/h1-2,6-9H,3-5H2,(H2,18,19,20,22)/t9-/m1/s1. The summed E-state index contributed by atoms with van der Waals surface area (Å²) in [6.45, 7) is 0.836. The van der Waals surface area contributed by atoms with E-state index in [0.717, 1.165) is 39.4 Å². The number of imidazole rings is 1. The highest BCUT2D eigenvalue weighted by Gasteiger charge is 2.25. The van der Waals surface area contributed by atoms with Gasteiger partial charge in [-0.2, -0.15) is 5.10 Å². The number of hydrogen-bond acceptors (Lipinski definition) is 4. The zero-order valence-corrected chi connectivity index (χ0v) is 14.5. The van der Waals surface area contributed by atoms with Gasteiger partial charge in [-0.05, 0) is 34.5 Å². The maximum Gasteiger partial charge on any atom is 0.229 e. The third-order valence-corrected chi connectivity index (χ3v) is 5.67. The number of anilines is 1. The van der Waals surface area contributed by atoms with Crippen LogP contribution in [0.25, 0.3) is 10.6 Å². The molecule has 3 aromatic rings. The van der Waals surface area contributed by atoms with Gasteiger partial charge in [0.1, 0.15) is 0 Å². The average molecular weight is 392 g/mol. The molecule has 0 aliphatic carbocycles. The summed E-state index contributed by atoms with van der Waals surface area (Å²) in [6, 6.07) is 5.86. The van der Waals surface area contributed by atoms with Gasteiger partial charge < -0.3 is 9.88 Å². The van der Waals surface area contributed by atoms with Gasteiger partial charge in [0, 0.05) is 36.8 Å². The monoisotopic (exact) mass is 391 g/mol. The van der Waals surface area contributed by atoms with Gasteiger partial charge in [0.15, 0.2) is 5.82 Å². The molecule has 0 bridgehead atoms. The fraction of sp³-hybridized carbons (Fsp3) is 0.267. The highest BCUT2D eigenvalue weighted by atomic mass is 79.9. The van der Waals surface area contributed by atoms with Crippen LogP contribution in [-0.4, -0.2) is 25.7 Å². The molecule has 6 nitrogen and oxygen atoms in total. The van der Waals surface area contributed by atoms with Crippen LogP contribution in [0.15, 0.2) is 34.5 Å². The SMILES string of the molecule is O=C(Nc1cc(-c2ccc(Br)s2)[nH]n1)[C@@H]1CCn2cncc2C1. The number of H-pyrrole nitrogens is 1. The number of aromatic nitrogens is 4. The molecule has 8 heteroatoms. The first-order chi connectivity index (χ1) is 11.2. The molecule has 0 radical (unpaired) electrons. The molecular formula is C15H14BrN5OS. The summed E-state index contributed by atoms with van der Waals surface area (Å²) < 4.78 is 3.16. The third-order valence-electron chi connectivity index (χ3n) is 4.01. The average Bonchev–Trinajstić information content (AvgIpc) is 3.26. The highest BCUT2D eigenvalue weighted by Crippen LogP contribution is 2.31. The Hall–Kier alpha value is -1.93. The molecule has 0 spiro atoms. The Kier molecular flexibility index (Phi) is 3.78. The molecule has 4 heterocycles. The number of amides is 1. The molecule has 1 amide bonds. The van der Waals surface area contributed by atoms with Gasteiger partial charge in [-0.15, -0.1) is 11.3 Å². The van der Waals surface area contributed by atoms with E-state index in [1.54, 1.807) is 11.3 Å². The molecule has 0 saturated heterocycles. The molecule has 0 fully saturated rings. The molecule has 118 valence electrons. The summed E-state index contributed by atoms with van der Waals surface area (Å²) in [5, 5.41) is 10.1. The third kappa shape index (κ3) is 2.96. The molecule has 0 aromatic carbocycles. The number of thiophene rings is 1. The molecule has 2 N–H and O–H groups in total. The Labute approximate surface area is 145 Å². The van der Waals surface area contributed by atoms with Crippen molar-refractivity contribution >= 4 is 39.0 Å². The predicted molar refractivity (Wildman–Crippen MR) is 92.3 cm³/mol. The Morgan fingerprint density at radius 1 is 1.48 bits per heavy atom. The molecule has 0 unspecified atom stereocenters. The minimum absolute atomic E-state index is 0.0165. The van der Waals surface area contributed by atoms with E-state index in [0.29, 0.717) is 5.82 Å². The van der Waals surface area contributed by atoms with E-state index in [1.165, 1.54) is 0 Å². The second-order valence-corrected chi connectivity index (χ2v) is 7.99. The lowest BCUT2D eigenvalue weighted by Gasteiger charge is -2.22. The second kappa shape index (κ2) is 5.93. The summed E-state index contributed by atoms with van der Waals surface area (Å²) in [5.41, 5.74) is 2.01. The van der Waals surface area contributed by atoms with E-state index < -0.39 is 0 Å². The van der Waals surface area contributed by atoms with Gasteiger partial charge in [-0.25, -0.2) is 4.98 Å². The lowest BCUT2D eigenvalue weighted by atomic mass is 9.95.